The Labute approximate surface area is 544 Å². The zero-order chi connectivity index (χ0) is 64.6. The zero-order valence-corrected chi connectivity index (χ0v) is 55.4. The third-order valence-corrected chi connectivity index (χ3v) is 24.4. The van der Waals surface area contributed by atoms with E-state index in [1.165, 1.54) is 104 Å². The smallest absolute Gasteiger partial charge is 0.159 e. The van der Waals surface area contributed by atoms with Crippen molar-refractivity contribution >= 4 is 22.4 Å². The summed E-state index contributed by atoms with van der Waals surface area (Å²) in [7, 11) is 12.8. The van der Waals surface area contributed by atoms with Gasteiger partial charge in [-0.05, 0) is 228 Å². The largest absolute Gasteiger partial charge is 0.305 e. The number of halogens is 8. The van der Waals surface area contributed by atoms with Crippen molar-refractivity contribution in [2.24, 2.45) is 35.5 Å². The first-order chi connectivity index (χ1) is 43.9. The third-order valence-electron chi connectivity index (χ3n) is 24.2. The fourth-order valence-corrected chi connectivity index (χ4v) is 19.1. The van der Waals surface area contributed by atoms with Gasteiger partial charge in [0, 0.05) is 117 Å². The predicted molar refractivity (Wildman–Crippen MR) is 354 cm³/mol. The first-order valence-corrected chi connectivity index (χ1v) is 33.7. The Balaban J connectivity index is 0.0000000959. The molecule has 6 saturated heterocycles. The van der Waals surface area contributed by atoms with Gasteiger partial charge in [-0.25, -0.2) is 30.7 Å². The van der Waals surface area contributed by atoms with Crippen LogP contribution in [0.15, 0.2) is 133 Å². The van der Waals surface area contributed by atoms with Gasteiger partial charge in [-0.1, -0.05) is 96.5 Å². The number of likely N-dealkylation sites (tertiary alicyclic amines) is 6. The van der Waals surface area contributed by atoms with Crippen LogP contribution >= 0.6 is 11.6 Å². The van der Waals surface area contributed by atoms with Crippen LogP contribution in [0.3, 0.4) is 0 Å². The maximum absolute atomic E-state index is 13.6. The summed E-state index contributed by atoms with van der Waals surface area (Å²) >= 11 is 5.82. The van der Waals surface area contributed by atoms with Gasteiger partial charge in [-0.15, -0.1) is 0 Å². The topological polar surface area (TPSA) is 19.4 Å². The molecule has 19 rings (SSSR count). The molecule has 7 aromatic carbocycles. The van der Waals surface area contributed by atoms with Crippen molar-refractivity contribution in [2.75, 3.05) is 121 Å². The predicted octanol–water partition coefficient (Wildman–Crippen LogP) is 14.7. The van der Waals surface area contributed by atoms with Crippen LogP contribution in [-0.4, -0.2) is 150 Å². The molecule has 7 aromatic rings. The van der Waals surface area contributed by atoms with Gasteiger partial charge in [-0.3, -0.25) is 0 Å². The molecular formula is C78H88ClF7N6. The van der Waals surface area contributed by atoms with Crippen molar-refractivity contribution < 1.29 is 30.7 Å². The Morgan fingerprint density at radius 2 is 0.685 bits per heavy atom. The van der Waals surface area contributed by atoms with Crippen LogP contribution in [0.5, 0.6) is 0 Å². The fourth-order valence-electron chi connectivity index (χ4n) is 18.9. The van der Waals surface area contributed by atoms with Gasteiger partial charge in [0.15, 0.2) is 11.6 Å². The third kappa shape index (κ3) is 11.8. The molecule has 0 amide bonds. The Bertz CT molecular complexity index is 3660. The molecule has 0 aromatic heterocycles. The molecule has 12 atom stereocenters. The summed E-state index contributed by atoms with van der Waals surface area (Å²) in [5.74, 6) is 1.66. The van der Waals surface area contributed by atoms with E-state index in [4.69, 9.17) is 11.6 Å². The van der Waals surface area contributed by atoms with Gasteiger partial charge < -0.3 is 29.4 Å². The molecule has 6 heterocycles. The van der Waals surface area contributed by atoms with Crippen LogP contribution in [0.1, 0.15) is 83.0 Å². The molecule has 12 aliphatic rings. The minimum Gasteiger partial charge on any atom is -0.305 e. The monoisotopic (exact) mass is 1280 g/mol. The molecule has 0 bridgehead atoms. The van der Waals surface area contributed by atoms with E-state index < -0.39 is 17.5 Å². The lowest BCUT2D eigenvalue weighted by Crippen LogP contribution is -2.23. The van der Waals surface area contributed by atoms with Gasteiger partial charge in [0.05, 0.1) is 5.02 Å². The number of nitrogens with zero attached hydrogens (tertiary/aromatic N) is 6. The van der Waals surface area contributed by atoms with Crippen molar-refractivity contribution in [1.29, 1.82) is 0 Å². The lowest BCUT2D eigenvalue weighted by atomic mass is 9.93. The minimum atomic E-state index is -0.751. The average Bonchev–Trinajstić information content (AvgIpc) is 1.60. The summed E-state index contributed by atoms with van der Waals surface area (Å²) < 4.78 is 92.1. The molecule has 6 aliphatic heterocycles. The number of rotatable bonds is 6. The van der Waals surface area contributed by atoms with E-state index in [2.05, 4.69) is 120 Å². The fraction of sp³-hybridized carbons (Fsp3) is 0.487. The SMILES string of the molecule is CN1CC2CC2(c2ccc(F)c(Cl)c2)C1.CN1CC2CC2(c2ccc(F)c(F)c2)C1.CN1CC2CC2(c2ccc(F)cc2F)C1.CN1CC2CC2(c2ccc3ccccc3c2)C1.Cc1cc(C23CC2CN(C)C3)ccc1F.Cc1ccc(C23CC2CN(C)C3)cc1F. The lowest BCUT2D eigenvalue weighted by molar-refractivity contribution is 0.361. The Hall–Kier alpha value is -5.64. The van der Waals surface area contributed by atoms with E-state index in [-0.39, 0.29) is 44.5 Å². The number of benzene rings is 7. The maximum Gasteiger partial charge on any atom is 0.159 e. The molecular weight excluding hydrogens is 1190 g/mol. The molecule has 6 aliphatic carbocycles. The first kappa shape index (κ1) is 63.7. The molecule has 12 unspecified atom stereocenters. The number of aryl methyl sites for hydroxylation is 2. The highest BCUT2D eigenvalue weighted by atomic mass is 35.5. The summed E-state index contributed by atoms with van der Waals surface area (Å²) in [5.41, 5.74) is 10.1. The van der Waals surface area contributed by atoms with Gasteiger partial charge in [0.1, 0.15) is 29.1 Å². The van der Waals surface area contributed by atoms with Crippen LogP contribution in [0.2, 0.25) is 5.02 Å². The number of hydrogen-bond donors (Lipinski definition) is 0. The van der Waals surface area contributed by atoms with Gasteiger partial charge in [0.25, 0.3) is 0 Å². The standard InChI is InChI=1S/C16H17N.2C13H16FN.C12H13ClFN.2C12H13F2N/c1-17-10-15-9-16(15,11-17)14-7-6-12-4-2-3-5-13(12)8-14;1-9-5-10(3-4-12(9)14)13-6-11(13)7-15(2)8-13;1-9-3-4-10(5-12(9)14)13-6-11(13)7-15(2)8-13;1-15-6-9-5-12(9,7-15)8-2-3-11(14)10(13)4-8;1-15-6-8-5-12(8,7-15)10-3-2-9(13)4-11(10)14;1-15-6-9-5-12(9,7-15)8-2-3-10(13)11(14)4-8/h2-8,15H,9-11H2,1H3;2*3-5,11H,6-8H2,1-2H3;2-4,9H,5-7H2,1H3;2-4,8H,5-7H2,1H3;2-4,9H,5-7H2,1H3. The van der Waals surface area contributed by atoms with Crippen molar-refractivity contribution in [1.82, 2.24) is 29.4 Å². The van der Waals surface area contributed by atoms with E-state index in [1.54, 1.807) is 35.9 Å². The van der Waals surface area contributed by atoms with Crippen molar-refractivity contribution in [2.45, 2.75) is 84.9 Å². The van der Waals surface area contributed by atoms with Gasteiger partial charge in [0.2, 0.25) is 0 Å². The highest BCUT2D eigenvalue weighted by molar-refractivity contribution is 6.30. The Morgan fingerprint density at radius 3 is 1.10 bits per heavy atom. The number of piperidine rings is 6. The Morgan fingerprint density at radius 1 is 0.315 bits per heavy atom. The molecule has 12 fully saturated rings. The molecule has 92 heavy (non-hydrogen) atoms. The van der Waals surface area contributed by atoms with E-state index in [1.807, 2.05) is 38.1 Å². The second-order valence-corrected chi connectivity index (χ2v) is 31.3. The second-order valence-electron chi connectivity index (χ2n) is 30.9. The highest BCUT2D eigenvalue weighted by Gasteiger charge is 2.64. The molecule has 0 spiro atoms. The normalized spacial score (nSPS) is 33.7. The van der Waals surface area contributed by atoms with Crippen molar-refractivity contribution in [3.63, 3.8) is 0 Å². The van der Waals surface area contributed by atoms with E-state index >= 15 is 0 Å². The van der Waals surface area contributed by atoms with Crippen LogP contribution in [0.4, 0.5) is 30.7 Å². The van der Waals surface area contributed by atoms with E-state index in [0.717, 1.165) is 112 Å². The summed E-state index contributed by atoms with van der Waals surface area (Å²) in [5, 5.41) is 3.00. The van der Waals surface area contributed by atoms with Gasteiger partial charge in [-0.2, -0.15) is 0 Å². The summed E-state index contributed by atoms with van der Waals surface area (Å²) in [6.45, 7) is 17.1. The van der Waals surface area contributed by atoms with Crippen LogP contribution in [0, 0.1) is 90.1 Å². The molecule has 0 N–H and O–H groups in total. The first-order valence-electron chi connectivity index (χ1n) is 33.4. The number of fused-ring (bicyclic) bond motifs is 7. The summed E-state index contributed by atoms with van der Waals surface area (Å²) in [6.07, 6.45) is 7.36. The number of likely N-dealkylation sites (N-methyl/N-ethyl adjacent to an activating group) is 6. The maximum atomic E-state index is 13.6. The van der Waals surface area contributed by atoms with Crippen LogP contribution in [0.25, 0.3) is 10.8 Å². The highest BCUT2D eigenvalue weighted by Crippen LogP contribution is 2.63. The van der Waals surface area contributed by atoms with E-state index in [9.17, 15) is 30.7 Å². The van der Waals surface area contributed by atoms with Crippen molar-refractivity contribution in [3.8, 4) is 0 Å². The summed E-state index contributed by atoms with van der Waals surface area (Å²) in [6, 6.07) is 40.6. The molecule has 14 heteroatoms. The second kappa shape index (κ2) is 23.6. The zero-order valence-electron chi connectivity index (χ0n) is 54.6. The summed E-state index contributed by atoms with van der Waals surface area (Å²) in [4.78, 5) is 14.0. The minimum absolute atomic E-state index is 0.00741. The molecule has 6 saturated carbocycles. The Kier molecular flexibility index (Phi) is 16.4. The number of hydrogen-bond acceptors (Lipinski definition) is 6. The van der Waals surface area contributed by atoms with Crippen LogP contribution < -0.4 is 0 Å². The molecule has 6 nitrogen and oxygen atoms in total. The average molecular weight is 1280 g/mol. The molecule has 0 radical (unpaired) electrons. The van der Waals surface area contributed by atoms with E-state index in [0.29, 0.717) is 33.6 Å². The quantitative estimate of drug-likeness (QED) is 0.154. The van der Waals surface area contributed by atoms with Crippen molar-refractivity contribution in [3.05, 3.63) is 224 Å². The molecule has 486 valence electrons. The lowest BCUT2D eigenvalue weighted by Gasteiger charge is -2.17. The van der Waals surface area contributed by atoms with Crippen LogP contribution in [-0.2, 0) is 32.5 Å². The van der Waals surface area contributed by atoms with Gasteiger partial charge >= 0.3 is 0 Å².